The number of guanidine groups is 1. The Kier molecular flexibility index (Phi) is 8.42. The lowest BCUT2D eigenvalue weighted by atomic mass is 9.87. The first-order valence-electron chi connectivity index (χ1n) is 12.1. The molecule has 0 aromatic heterocycles. The van der Waals surface area contributed by atoms with Gasteiger partial charge < -0.3 is 21.3 Å². The summed E-state index contributed by atoms with van der Waals surface area (Å²) in [6, 6.07) is 5.36. The van der Waals surface area contributed by atoms with Crippen molar-refractivity contribution in [2.75, 3.05) is 19.6 Å². The van der Waals surface area contributed by atoms with Crippen LogP contribution >= 0.6 is 0 Å². The van der Waals surface area contributed by atoms with Crippen LogP contribution in [0.2, 0.25) is 0 Å². The van der Waals surface area contributed by atoms with Crippen LogP contribution in [0.5, 0.6) is 0 Å². The summed E-state index contributed by atoms with van der Waals surface area (Å²) < 4.78 is 28.5. The molecule has 2 aliphatic rings. The molecule has 1 saturated heterocycles. The number of rotatable bonds is 9. The Balaban J connectivity index is 1.64. The number of benzene rings is 1. The molecule has 11 heteroatoms. The van der Waals surface area contributed by atoms with Crippen LogP contribution in [0.25, 0.3) is 0 Å². The quantitative estimate of drug-likeness (QED) is 0.249. The minimum Gasteiger partial charge on any atom is -0.370 e. The van der Waals surface area contributed by atoms with Crippen LogP contribution in [0.3, 0.4) is 0 Å². The monoisotopic (exact) mass is 506 g/mol. The van der Waals surface area contributed by atoms with Gasteiger partial charge in [-0.15, -0.1) is 0 Å². The molecule has 1 aromatic carbocycles. The van der Waals surface area contributed by atoms with Gasteiger partial charge in [-0.1, -0.05) is 32.9 Å². The van der Waals surface area contributed by atoms with Gasteiger partial charge in [-0.2, -0.15) is 4.72 Å². The van der Waals surface area contributed by atoms with E-state index in [0.29, 0.717) is 13.1 Å². The molecule has 1 unspecified atom stereocenters. The van der Waals surface area contributed by atoms with E-state index in [4.69, 9.17) is 11.1 Å². The predicted molar refractivity (Wildman–Crippen MR) is 134 cm³/mol. The molecule has 6 N–H and O–H groups in total. The number of piperidine rings is 1. The number of nitrogens with zero attached hydrogens (tertiary/aromatic N) is 1. The van der Waals surface area contributed by atoms with E-state index < -0.39 is 27.9 Å². The summed E-state index contributed by atoms with van der Waals surface area (Å²) in [5.41, 5.74) is 6.44. The predicted octanol–water partition coefficient (Wildman–Crippen LogP) is 1.02. The van der Waals surface area contributed by atoms with E-state index in [2.05, 4.69) is 15.4 Å². The number of carbonyl (C=O) groups excluding carboxylic acids is 2. The van der Waals surface area contributed by atoms with E-state index in [1.807, 2.05) is 20.8 Å². The zero-order valence-corrected chi connectivity index (χ0v) is 21.6. The third kappa shape index (κ3) is 7.93. The van der Waals surface area contributed by atoms with Gasteiger partial charge in [-0.05, 0) is 54.7 Å². The van der Waals surface area contributed by atoms with Gasteiger partial charge in [0.05, 0.1) is 11.3 Å². The molecule has 0 bridgehead atoms. The molecule has 194 valence electrons. The number of hydrogen-bond acceptors (Lipinski definition) is 5. The Bertz CT molecular complexity index is 1030. The summed E-state index contributed by atoms with van der Waals surface area (Å²) in [5.74, 6) is -0.763. The van der Waals surface area contributed by atoms with Crippen molar-refractivity contribution < 1.29 is 18.0 Å². The zero-order chi connectivity index (χ0) is 25.8. The standard InChI is InChI=1S/C24H38N6O4S/c1-24(2,3)17-6-10-19(11-7-17)35(33,34)29-20(22(32)28-18-8-9-18)13-21(31)27-14-16-5-4-12-30(15-16)23(25)26/h6-7,10-11,16,18,20,29H,4-5,8-9,12-15H2,1-3H3,(H3,25,26)(H,27,31)(H,28,32)/t16?,20-/m0/s1. The molecular formula is C24H38N6O4S. The third-order valence-corrected chi connectivity index (χ3v) is 7.89. The Hall–Kier alpha value is -2.66. The average molecular weight is 507 g/mol. The summed E-state index contributed by atoms with van der Waals surface area (Å²) in [5, 5.41) is 13.2. The normalized spacial score (nSPS) is 19.6. The maximum atomic E-state index is 13.0. The van der Waals surface area contributed by atoms with E-state index in [9.17, 15) is 18.0 Å². The van der Waals surface area contributed by atoms with Crippen molar-refractivity contribution in [2.45, 2.75) is 75.3 Å². The number of sulfonamides is 1. The molecule has 2 atom stereocenters. The number of carbonyl (C=O) groups is 2. The van der Waals surface area contributed by atoms with Gasteiger partial charge in [0, 0.05) is 25.7 Å². The second-order valence-corrected chi connectivity index (χ2v) is 12.3. The number of amides is 2. The molecule has 1 aromatic rings. The first-order valence-corrected chi connectivity index (χ1v) is 13.6. The average Bonchev–Trinajstić information content (AvgIpc) is 3.61. The second kappa shape index (κ2) is 10.9. The molecule has 2 amide bonds. The van der Waals surface area contributed by atoms with Gasteiger partial charge in [0.15, 0.2) is 5.96 Å². The van der Waals surface area contributed by atoms with Gasteiger partial charge in [0.1, 0.15) is 6.04 Å². The molecule has 3 rings (SSSR count). The van der Waals surface area contributed by atoms with Crippen molar-refractivity contribution in [3.63, 3.8) is 0 Å². The highest BCUT2D eigenvalue weighted by Gasteiger charge is 2.32. The van der Waals surface area contributed by atoms with Crippen LogP contribution in [0.1, 0.15) is 58.4 Å². The van der Waals surface area contributed by atoms with Crippen molar-refractivity contribution in [3.8, 4) is 0 Å². The van der Waals surface area contributed by atoms with Gasteiger partial charge in [0.2, 0.25) is 21.8 Å². The van der Waals surface area contributed by atoms with Gasteiger partial charge in [0.25, 0.3) is 0 Å². The summed E-state index contributed by atoms with van der Waals surface area (Å²) in [4.78, 5) is 27.3. The molecule has 0 spiro atoms. The van der Waals surface area contributed by atoms with E-state index in [0.717, 1.165) is 37.8 Å². The van der Waals surface area contributed by atoms with Crippen LogP contribution in [0.15, 0.2) is 29.2 Å². The topological polar surface area (TPSA) is 157 Å². The fraction of sp³-hybridized carbons (Fsp3) is 0.625. The van der Waals surface area contributed by atoms with Crippen LogP contribution in [0.4, 0.5) is 0 Å². The van der Waals surface area contributed by atoms with E-state index >= 15 is 0 Å². The summed E-state index contributed by atoms with van der Waals surface area (Å²) in [6.07, 6.45) is 3.16. The molecule has 2 fully saturated rings. The molecule has 1 aliphatic carbocycles. The molecule has 35 heavy (non-hydrogen) atoms. The number of likely N-dealkylation sites (tertiary alicyclic amines) is 1. The minimum atomic E-state index is -4.01. The van der Waals surface area contributed by atoms with Crippen LogP contribution in [-0.4, -0.2) is 62.8 Å². The maximum Gasteiger partial charge on any atom is 0.241 e. The van der Waals surface area contributed by atoms with Crippen LogP contribution < -0.4 is 21.1 Å². The fourth-order valence-electron chi connectivity index (χ4n) is 4.07. The van der Waals surface area contributed by atoms with Crippen molar-refractivity contribution in [1.82, 2.24) is 20.3 Å². The van der Waals surface area contributed by atoms with Crippen molar-refractivity contribution >= 4 is 27.8 Å². The highest BCUT2D eigenvalue weighted by molar-refractivity contribution is 7.89. The minimum absolute atomic E-state index is 0.0165. The summed E-state index contributed by atoms with van der Waals surface area (Å²) in [7, 11) is -4.01. The largest absolute Gasteiger partial charge is 0.370 e. The molecule has 1 heterocycles. The van der Waals surface area contributed by atoms with Gasteiger partial charge in [-0.3, -0.25) is 15.0 Å². The highest BCUT2D eigenvalue weighted by atomic mass is 32.2. The van der Waals surface area contributed by atoms with Crippen LogP contribution in [-0.2, 0) is 25.0 Å². The number of nitrogens with one attached hydrogen (secondary N) is 4. The van der Waals surface area contributed by atoms with Crippen LogP contribution in [0, 0.1) is 11.3 Å². The van der Waals surface area contributed by atoms with Crippen molar-refractivity contribution in [1.29, 1.82) is 5.41 Å². The second-order valence-electron chi connectivity index (χ2n) is 10.6. The fourth-order valence-corrected chi connectivity index (χ4v) is 5.27. The first-order chi connectivity index (χ1) is 16.3. The highest BCUT2D eigenvalue weighted by Crippen LogP contribution is 2.24. The number of nitrogens with two attached hydrogens (primary N) is 1. The molecule has 0 radical (unpaired) electrons. The SMILES string of the molecule is CC(C)(C)c1ccc(S(=O)(=O)N[C@@H](CC(=O)NCC2CCCN(C(=N)N)C2)C(=O)NC2CC2)cc1. The van der Waals surface area contributed by atoms with Crippen molar-refractivity contribution in [2.24, 2.45) is 11.7 Å². The van der Waals surface area contributed by atoms with Gasteiger partial charge in [-0.25, -0.2) is 8.42 Å². The third-order valence-electron chi connectivity index (χ3n) is 6.41. The smallest absolute Gasteiger partial charge is 0.241 e. The maximum absolute atomic E-state index is 13.0. The zero-order valence-electron chi connectivity index (χ0n) is 20.8. The Morgan fingerprint density at radius 3 is 2.40 bits per heavy atom. The summed E-state index contributed by atoms with van der Waals surface area (Å²) in [6.45, 7) is 7.80. The Morgan fingerprint density at radius 1 is 1.17 bits per heavy atom. The lowest BCUT2D eigenvalue weighted by Crippen LogP contribution is -2.50. The van der Waals surface area contributed by atoms with E-state index in [1.165, 1.54) is 12.1 Å². The first kappa shape index (κ1) is 26.9. The summed E-state index contributed by atoms with van der Waals surface area (Å²) >= 11 is 0. The number of hydrogen-bond donors (Lipinski definition) is 5. The Labute approximate surface area is 208 Å². The molecule has 1 aliphatic heterocycles. The molecule has 10 nitrogen and oxygen atoms in total. The molecule has 1 saturated carbocycles. The Morgan fingerprint density at radius 2 is 1.83 bits per heavy atom. The molecular weight excluding hydrogens is 468 g/mol. The lowest BCUT2D eigenvalue weighted by molar-refractivity contribution is -0.128. The van der Waals surface area contributed by atoms with Crippen molar-refractivity contribution in [3.05, 3.63) is 29.8 Å². The van der Waals surface area contributed by atoms with Gasteiger partial charge >= 0.3 is 0 Å². The lowest BCUT2D eigenvalue weighted by Gasteiger charge is -2.33. The van der Waals surface area contributed by atoms with E-state index in [-0.39, 0.29) is 34.7 Å². The van der Waals surface area contributed by atoms with E-state index in [1.54, 1.807) is 17.0 Å².